The summed E-state index contributed by atoms with van der Waals surface area (Å²) >= 11 is 0. The molecule has 0 aliphatic rings. The van der Waals surface area contributed by atoms with Gasteiger partial charge in [-0.2, -0.15) is 0 Å². The van der Waals surface area contributed by atoms with Crippen LogP contribution in [0.15, 0.2) is 54.9 Å². The van der Waals surface area contributed by atoms with Gasteiger partial charge in [-0.25, -0.2) is 14.8 Å². The van der Waals surface area contributed by atoms with Crippen molar-refractivity contribution >= 4 is 27.9 Å². The van der Waals surface area contributed by atoms with Crippen LogP contribution in [0.1, 0.15) is 10.4 Å². The number of benzene rings is 2. The average Bonchev–Trinajstić information content (AvgIpc) is 3.10. The molecule has 2 aromatic carbocycles. The van der Waals surface area contributed by atoms with E-state index in [0.717, 1.165) is 16.4 Å². The number of carboxylic acids is 1. The summed E-state index contributed by atoms with van der Waals surface area (Å²) in [6, 6.07) is 14.4. The van der Waals surface area contributed by atoms with Crippen LogP contribution in [0, 0.1) is 0 Å². The lowest BCUT2D eigenvalue weighted by Gasteiger charge is -2.08. The predicted molar refractivity (Wildman–Crippen MR) is 101 cm³/mol. The summed E-state index contributed by atoms with van der Waals surface area (Å²) in [5, 5.41) is 10.2. The Morgan fingerprint density at radius 3 is 2.85 bits per heavy atom. The molecule has 1 N–H and O–H groups in total. The van der Waals surface area contributed by atoms with Crippen molar-refractivity contribution < 1.29 is 19.4 Å². The Balaban J connectivity index is 1.76. The molecule has 4 rings (SSSR count). The highest BCUT2D eigenvalue weighted by Gasteiger charge is 2.12. The van der Waals surface area contributed by atoms with E-state index in [-0.39, 0.29) is 5.56 Å². The second-order valence-electron chi connectivity index (χ2n) is 5.96. The molecule has 4 aromatic rings. The highest BCUT2D eigenvalue weighted by Crippen LogP contribution is 2.24. The van der Waals surface area contributed by atoms with Gasteiger partial charge in [0.15, 0.2) is 0 Å². The summed E-state index contributed by atoms with van der Waals surface area (Å²) in [6.45, 7) is 0.978. The van der Waals surface area contributed by atoms with Gasteiger partial charge in [0, 0.05) is 18.6 Å². The molecule has 0 fully saturated rings. The third kappa shape index (κ3) is 3.20. The minimum absolute atomic E-state index is 0.174. The first kappa shape index (κ1) is 17.0. The van der Waals surface area contributed by atoms with Gasteiger partial charge in [0.25, 0.3) is 0 Å². The minimum atomic E-state index is -1.00. The van der Waals surface area contributed by atoms with Gasteiger partial charge in [-0.05, 0) is 30.3 Å². The van der Waals surface area contributed by atoms with Crippen LogP contribution in [0.3, 0.4) is 0 Å². The summed E-state index contributed by atoms with van der Waals surface area (Å²) in [7, 11) is 1.63. The Morgan fingerprint density at radius 1 is 1.15 bits per heavy atom. The Labute approximate surface area is 154 Å². The van der Waals surface area contributed by atoms with Crippen molar-refractivity contribution in [3.05, 3.63) is 60.4 Å². The van der Waals surface area contributed by atoms with Crippen LogP contribution in [0.4, 0.5) is 0 Å². The molecule has 0 amide bonds. The van der Waals surface area contributed by atoms with Crippen LogP contribution in [-0.2, 0) is 4.74 Å². The smallest absolute Gasteiger partial charge is 0.337 e. The zero-order valence-corrected chi connectivity index (χ0v) is 14.6. The summed E-state index contributed by atoms with van der Waals surface area (Å²) in [5.41, 5.74) is 2.24. The fraction of sp³-hybridized carbons (Fsp3) is 0.150. The van der Waals surface area contributed by atoms with Crippen molar-refractivity contribution in [2.45, 2.75) is 0 Å². The molecule has 0 aliphatic heterocycles. The molecule has 7 nitrogen and oxygen atoms in total. The number of aromatic nitrogens is 3. The number of rotatable bonds is 6. The number of nitrogens with zero attached hydrogens (tertiary/aromatic N) is 3. The molecule has 7 heteroatoms. The van der Waals surface area contributed by atoms with Gasteiger partial charge in [-0.3, -0.25) is 4.57 Å². The number of aromatic carboxylic acids is 1. The molecule has 0 bridgehead atoms. The molecular formula is C20H17N3O4. The maximum atomic E-state index is 11.5. The number of carboxylic acid groups (broad SMARTS) is 1. The van der Waals surface area contributed by atoms with Crippen molar-refractivity contribution in [1.29, 1.82) is 0 Å². The highest BCUT2D eigenvalue weighted by atomic mass is 16.5. The molecule has 2 heterocycles. The fourth-order valence-electron chi connectivity index (χ4n) is 2.95. The van der Waals surface area contributed by atoms with Crippen LogP contribution in [-0.4, -0.2) is 45.9 Å². The number of imidazole rings is 1. The van der Waals surface area contributed by atoms with Crippen LogP contribution in [0.5, 0.6) is 5.75 Å². The van der Waals surface area contributed by atoms with E-state index in [2.05, 4.69) is 9.97 Å². The van der Waals surface area contributed by atoms with Crippen molar-refractivity contribution in [3.8, 4) is 11.6 Å². The molecule has 0 saturated carbocycles. The molecular weight excluding hydrogens is 346 g/mol. The standard InChI is InChI=1S/C20H17N3O4/c1-26-9-10-27-14-6-7-17-16(11-14)21-12-23(17)18-8-5-13-3-2-4-15(20(24)25)19(13)22-18/h2-8,11-12H,9-10H2,1H3,(H,24,25). The van der Waals surface area contributed by atoms with E-state index >= 15 is 0 Å². The number of para-hydroxylation sites is 1. The lowest BCUT2D eigenvalue weighted by molar-refractivity contribution is 0.0699. The maximum absolute atomic E-state index is 11.5. The monoisotopic (exact) mass is 363 g/mol. The number of fused-ring (bicyclic) bond motifs is 2. The minimum Gasteiger partial charge on any atom is -0.491 e. The van der Waals surface area contributed by atoms with Crippen molar-refractivity contribution in [2.75, 3.05) is 20.3 Å². The molecule has 2 aromatic heterocycles. The number of ether oxygens (including phenoxy) is 2. The van der Waals surface area contributed by atoms with E-state index < -0.39 is 5.97 Å². The van der Waals surface area contributed by atoms with Crippen molar-refractivity contribution in [1.82, 2.24) is 14.5 Å². The largest absolute Gasteiger partial charge is 0.491 e. The molecule has 0 spiro atoms. The molecule has 136 valence electrons. The summed E-state index contributed by atoms with van der Waals surface area (Å²) in [4.78, 5) is 20.5. The molecule has 0 atom stereocenters. The van der Waals surface area contributed by atoms with Gasteiger partial charge in [0.2, 0.25) is 0 Å². The topological polar surface area (TPSA) is 86.5 Å². The lowest BCUT2D eigenvalue weighted by Crippen LogP contribution is -2.04. The first-order valence-electron chi connectivity index (χ1n) is 8.39. The second-order valence-corrected chi connectivity index (χ2v) is 5.96. The zero-order valence-electron chi connectivity index (χ0n) is 14.6. The Bertz CT molecular complexity index is 1140. The van der Waals surface area contributed by atoms with Gasteiger partial charge in [-0.15, -0.1) is 0 Å². The molecule has 0 saturated heterocycles. The van der Waals surface area contributed by atoms with Crippen molar-refractivity contribution in [3.63, 3.8) is 0 Å². The zero-order chi connectivity index (χ0) is 18.8. The molecule has 27 heavy (non-hydrogen) atoms. The number of pyridine rings is 1. The third-order valence-corrected chi connectivity index (χ3v) is 4.26. The van der Waals surface area contributed by atoms with E-state index in [9.17, 15) is 9.90 Å². The summed E-state index contributed by atoms with van der Waals surface area (Å²) in [6.07, 6.45) is 1.67. The number of carbonyl (C=O) groups is 1. The van der Waals surface area contributed by atoms with E-state index in [1.165, 1.54) is 0 Å². The van der Waals surface area contributed by atoms with E-state index in [1.807, 2.05) is 41.0 Å². The van der Waals surface area contributed by atoms with Crippen molar-refractivity contribution in [2.24, 2.45) is 0 Å². The van der Waals surface area contributed by atoms with Gasteiger partial charge >= 0.3 is 5.97 Å². The van der Waals surface area contributed by atoms with Crippen LogP contribution in [0.25, 0.3) is 27.8 Å². The summed E-state index contributed by atoms with van der Waals surface area (Å²) in [5.74, 6) is 0.315. The van der Waals surface area contributed by atoms with Crippen LogP contribution < -0.4 is 4.74 Å². The van der Waals surface area contributed by atoms with Crippen LogP contribution in [0.2, 0.25) is 0 Å². The van der Waals surface area contributed by atoms with Gasteiger partial charge in [0.1, 0.15) is 24.5 Å². The lowest BCUT2D eigenvalue weighted by atomic mass is 10.1. The SMILES string of the molecule is COCCOc1ccc2c(c1)ncn2-c1ccc2cccc(C(=O)O)c2n1. The predicted octanol–water partition coefficient (Wildman–Crippen LogP) is 3.30. The fourth-order valence-corrected chi connectivity index (χ4v) is 2.95. The Hall–Kier alpha value is -3.45. The highest BCUT2D eigenvalue weighted by molar-refractivity contribution is 6.02. The second kappa shape index (κ2) is 7.05. The van der Waals surface area contributed by atoms with Gasteiger partial charge < -0.3 is 14.6 Å². The maximum Gasteiger partial charge on any atom is 0.337 e. The molecule has 0 aliphatic carbocycles. The van der Waals surface area contributed by atoms with Crippen LogP contribution >= 0.6 is 0 Å². The van der Waals surface area contributed by atoms with E-state index in [0.29, 0.717) is 30.3 Å². The number of methoxy groups -OCH3 is 1. The molecule has 0 radical (unpaired) electrons. The van der Waals surface area contributed by atoms with Gasteiger partial charge in [-0.1, -0.05) is 12.1 Å². The quantitative estimate of drug-likeness (QED) is 0.529. The normalized spacial score (nSPS) is 11.1. The third-order valence-electron chi connectivity index (χ3n) is 4.26. The van der Waals surface area contributed by atoms with Gasteiger partial charge in [0.05, 0.1) is 28.7 Å². The van der Waals surface area contributed by atoms with E-state index in [1.54, 1.807) is 25.6 Å². The molecule has 0 unspecified atom stereocenters. The first-order valence-corrected chi connectivity index (χ1v) is 8.39. The first-order chi connectivity index (χ1) is 13.2. The van der Waals surface area contributed by atoms with E-state index in [4.69, 9.17) is 9.47 Å². The average molecular weight is 363 g/mol. The number of hydrogen-bond acceptors (Lipinski definition) is 5. The Morgan fingerprint density at radius 2 is 2.04 bits per heavy atom. The summed E-state index contributed by atoms with van der Waals surface area (Å²) < 4.78 is 12.4. The Kier molecular flexibility index (Phi) is 4.43. The number of hydrogen-bond donors (Lipinski definition) is 1.